The zero-order valence-corrected chi connectivity index (χ0v) is 10.1. The molecule has 1 aliphatic heterocycles. The molecule has 100 valence electrons. The van der Waals surface area contributed by atoms with Crippen molar-refractivity contribution in [2.45, 2.75) is 31.6 Å². The zero-order chi connectivity index (χ0) is 13.2. The molecule has 1 unspecified atom stereocenters. The third-order valence-corrected chi connectivity index (χ3v) is 3.47. The van der Waals surface area contributed by atoms with E-state index in [0.29, 0.717) is 18.7 Å². The summed E-state index contributed by atoms with van der Waals surface area (Å²) in [6, 6.07) is 5.98. The SMILES string of the molecule is NCC1CCCN1Cc1ccccc1C(F)(F)F. The number of benzene rings is 1. The van der Waals surface area contributed by atoms with Gasteiger partial charge in [-0.3, -0.25) is 4.90 Å². The maximum atomic E-state index is 12.9. The average molecular weight is 258 g/mol. The van der Waals surface area contributed by atoms with Gasteiger partial charge in [-0.1, -0.05) is 18.2 Å². The van der Waals surface area contributed by atoms with Crippen molar-refractivity contribution >= 4 is 0 Å². The van der Waals surface area contributed by atoms with E-state index in [4.69, 9.17) is 5.73 Å². The predicted octanol–water partition coefficient (Wildman–Crippen LogP) is 2.63. The van der Waals surface area contributed by atoms with Crippen LogP contribution in [0.3, 0.4) is 0 Å². The summed E-state index contributed by atoms with van der Waals surface area (Å²) in [4.78, 5) is 2.05. The minimum absolute atomic E-state index is 0.214. The summed E-state index contributed by atoms with van der Waals surface area (Å²) < 4.78 is 38.6. The first-order valence-corrected chi connectivity index (χ1v) is 6.11. The lowest BCUT2D eigenvalue weighted by atomic mass is 10.1. The van der Waals surface area contributed by atoms with Gasteiger partial charge < -0.3 is 5.73 Å². The average Bonchev–Trinajstić information content (AvgIpc) is 2.75. The Balaban J connectivity index is 2.19. The molecule has 2 rings (SSSR count). The maximum absolute atomic E-state index is 12.9. The van der Waals surface area contributed by atoms with Crippen LogP contribution in [-0.2, 0) is 12.7 Å². The van der Waals surface area contributed by atoms with Crippen molar-refractivity contribution in [3.63, 3.8) is 0 Å². The molecule has 5 heteroatoms. The van der Waals surface area contributed by atoms with Crippen molar-refractivity contribution in [2.24, 2.45) is 5.73 Å². The second kappa shape index (κ2) is 5.28. The Morgan fingerprint density at radius 2 is 2.00 bits per heavy atom. The number of halogens is 3. The van der Waals surface area contributed by atoms with Crippen molar-refractivity contribution in [3.8, 4) is 0 Å². The molecule has 1 fully saturated rings. The van der Waals surface area contributed by atoms with E-state index >= 15 is 0 Å². The smallest absolute Gasteiger partial charge is 0.329 e. The number of likely N-dealkylation sites (tertiary alicyclic amines) is 1. The monoisotopic (exact) mass is 258 g/mol. The van der Waals surface area contributed by atoms with Gasteiger partial charge in [-0.25, -0.2) is 0 Å². The lowest BCUT2D eigenvalue weighted by molar-refractivity contribution is -0.138. The molecule has 0 aliphatic carbocycles. The van der Waals surface area contributed by atoms with Crippen LogP contribution in [0.2, 0.25) is 0 Å². The summed E-state index contributed by atoms with van der Waals surface area (Å²) in [6.45, 7) is 1.67. The minimum Gasteiger partial charge on any atom is -0.329 e. The van der Waals surface area contributed by atoms with Crippen LogP contribution in [0.15, 0.2) is 24.3 Å². The summed E-state index contributed by atoms with van der Waals surface area (Å²) in [7, 11) is 0. The number of alkyl halides is 3. The van der Waals surface area contributed by atoms with Gasteiger partial charge in [-0.15, -0.1) is 0 Å². The molecule has 0 saturated carbocycles. The van der Waals surface area contributed by atoms with Gasteiger partial charge in [-0.05, 0) is 31.0 Å². The van der Waals surface area contributed by atoms with E-state index in [1.165, 1.54) is 6.07 Å². The van der Waals surface area contributed by atoms with Crippen molar-refractivity contribution in [1.82, 2.24) is 4.90 Å². The van der Waals surface area contributed by atoms with Crippen LogP contribution in [0.25, 0.3) is 0 Å². The van der Waals surface area contributed by atoms with Gasteiger partial charge >= 0.3 is 6.18 Å². The first-order chi connectivity index (χ1) is 8.52. The molecule has 0 spiro atoms. The summed E-state index contributed by atoms with van der Waals surface area (Å²) in [5, 5.41) is 0. The molecule has 2 N–H and O–H groups in total. The predicted molar refractivity (Wildman–Crippen MR) is 63.9 cm³/mol. The lowest BCUT2D eigenvalue weighted by Crippen LogP contribution is -2.35. The molecule has 0 amide bonds. The van der Waals surface area contributed by atoms with Gasteiger partial charge in [0.1, 0.15) is 0 Å². The third kappa shape index (κ3) is 2.84. The third-order valence-electron chi connectivity index (χ3n) is 3.47. The molecule has 1 aliphatic rings. The van der Waals surface area contributed by atoms with E-state index in [9.17, 15) is 13.2 Å². The number of rotatable bonds is 3. The second-order valence-electron chi connectivity index (χ2n) is 4.66. The van der Waals surface area contributed by atoms with E-state index < -0.39 is 11.7 Å². The highest BCUT2D eigenvalue weighted by molar-refractivity contribution is 5.29. The molecule has 1 aromatic rings. The summed E-state index contributed by atoms with van der Waals surface area (Å²) >= 11 is 0. The molecule has 1 saturated heterocycles. The van der Waals surface area contributed by atoms with Gasteiger partial charge in [0, 0.05) is 19.1 Å². The summed E-state index contributed by atoms with van der Waals surface area (Å²) in [5.41, 5.74) is 5.44. The molecule has 18 heavy (non-hydrogen) atoms. The minimum atomic E-state index is -4.28. The largest absolute Gasteiger partial charge is 0.416 e. The van der Waals surface area contributed by atoms with E-state index in [2.05, 4.69) is 0 Å². The van der Waals surface area contributed by atoms with Gasteiger partial charge in [0.2, 0.25) is 0 Å². The molecular formula is C13H17F3N2. The quantitative estimate of drug-likeness (QED) is 0.903. The van der Waals surface area contributed by atoms with Crippen molar-refractivity contribution in [3.05, 3.63) is 35.4 Å². The van der Waals surface area contributed by atoms with Crippen LogP contribution in [0.4, 0.5) is 13.2 Å². The molecule has 0 radical (unpaired) electrons. The highest BCUT2D eigenvalue weighted by Crippen LogP contribution is 2.33. The van der Waals surface area contributed by atoms with Crippen molar-refractivity contribution < 1.29 is 13.2 Å². The molecular weight excluding hydrogens is 241 g/mol. The Morgan fingerprint density at radius 3 is 2.67 bits per heavy atom. The normalized spacial score (nSPS) is 21.4. The zero-order valence-electron chi connectivity index (χ0n) is 10.1. The number of hydrogen-bond donors (Lipinski definition) is 1. The van der Waals surface area contributed by atoms with Gasteiger partial charge in [0.05, 0.1) is 5.56 Å². The van der Waals surface area contributed by atoms with Crippen LogP contribution in [-0.4, -0.2) is 24.0 Å². The van der Waals surface area contributed by atoms with E-state index in [1.807, 2.05) is 4.90 Å². The van der Waals surface area contributed by atoms with Gasteiger partial charge in [0.25, 0.3) is 0 Å². The van der Waals surface area contributed by atoms with Crippen LogP contribution in [0.5, 0.6) is 0 Å². The fourth-order valence-electron chi connectivity index (χ4n) is 2.52. The highest BCUT2D eigenvalue weighted by atomic mass is 19.4. The molecule has 1 heterocycles. The summed E-state index contributed by atoms with van der Waals surface area (Å²) in [6.07, 6.45) is -2.30. The maximum Gasteiger partial charge on any atom is 0.416 e. The van der Waals surface area contributed by atoms with Gasteiger partial charge in [-0.2, -0.15) is 13.2 Å². The van der Waals surface area contributed by atoms with Crippen LogP contribution in [0, 0.1) is 0 Å². The number of nitrogens with zero attached hydrogens (tertiary/aromatic N) is 1. The van der Waals surface area contributed by atoms with Gasteiger partial charge in [0.15, 0.2) is 0 Å². The molecule has 1 aromatic carbocycles. The number of nitrogens with two attached hydrogens (primary N) is 1. The molecule has 1 atom stereocenters. The number of hydrogen-bond acceptors (Lipinski definition) is 2. The van der Waals surface area contributed by atoms with Crippen LogP contribution >= 0.6 is 0 Å². The van der Waals surface area contributed by atoms with Crippen molar-refractivity contribution in [1.29, 1.82) is 0 Å². The lowest BCUT2D eigenvalue weighted by Gasteiger charge is -2.24. The molecule has 0 aromatic heterocycles. The molecule has 2 nitrogen and oxygen atoms in total. The summed E-state index contributed by atoms with van der Waals surface area (Å²) in [5.74, 6) is 0. The first-order valence-electron chi connectivity index (χ1n) is 6.11. The Morgan fingerprint density at radius 1 is 1.28 bits per heavy atom. The Labute approximate surface area is 105 Å². The molecule has 0 bridgehead atoms. The van der Waals surface area contributed by atoms with Crippen molar-refractivity contribution in [2.75, 3.05) is 13.1 Å². The van der Waals surface area contributed by atoms with E-state index in [1.54, 1.807) is 12.1 Å². The standard InChI is InChI=1S/C13H17F3N2/c14-13(15,16)12-6-2-1-4-10(12)9-18-7-3-5-11(18)8-17/h1-2,4,6,11H,3,5,7-9,17H2. The highest BCUT2D eigenvalue weighted by Gasteiger charge is 2.34. The fourth-order valence-corrected chi connectivity index (χ4v) is 2.52. The Bertz CT molecular complexity index is 403. The fraction of sp³-hybridized carbons (Fsp3) is 0.538. The first kappa shape index (κ1) is 13.4. The van der Waals surface area contributed by atoms with E-state index in [-0.39, 0.29) is 6.04 Å². The second-order valence-corrected chi connectivity index (χ2v) is 4.66. The van der Waals surface area contributed by atoms with Crippen LogP contribution < -0.4 is 5.73 Å². The van der Waals surface area contributed by atoms with E-state index in [0.717, 1.165) is 25.5 Å². The van der Waals surface area contributed by atoms with Crippen LogP contribution in [0.1, 0.15) is 24.0 Å². The Hall–Kier alpha value is -1.07. The Kier molecular flexibility index (Phi) is 3.92. The topological polar surface area (TPSA) is 29.3 Å².